The number of hydrogen-bond donors (Lipinski definition) is 1. The zero-order valence-electron chi connectivity index (χ0n) is 9.21. The van der Waals surface area contributed by atoms with Crippen molar-refractivity contribution in [3.05, 3.63) is 6.20 Å². The maximum Gasteiger partial charge on any atom is 0.245 e. The van der Waals surface area contributed by atoms with Crippen LogP contribution in [0, 0.1) is 0 Å². The van der Waals surface area contributed by atoms with Crippen molar-refractivity contribution < 1.29 is 13.2 Å². The van der Waals surface area contributed by atoms with E-state index in [1.807, 2.05) is 0 Å². The van der Waals surface area contributed by atoms with Gasteiger partial charge in [0.25, 0.3) is 0 Å². The van der Waals surface area contributed by atoms with Gasteiger partial charge in [0, 0.05) is 14.1 Å². The van der Waals surface area contributed by atoms with Gasteiger partial charge in [-0.2, -0.15) is 9.90 Å². The highest BCUT2D eigenvalue weighted by molar-refractivity contribution is 7.92. The molecule has 0 spiro atoms. The van der Waals surface area contributed by atoms with E-state index in [-0.39, 0.29) is 18.3 Å². The molecule has 0 saturated heterocycles. The second-order valence-electron chi connectivity index (χ2n) is 3.42. The number of sulfonamides is 1. The second kappa shape index (κ2) is 4.47. The van der Waals surface area contributed by atoms with E-state index in [1.54, 1.807) is 14.1 Å². The molecule has 0 atom stereocenters. The van der Waals surface area contributed by atoms with Crippen LogP contribution in [-0.2, 0) is 21.4 Å². The van der Waals surface area contributed by atoms with E-state index in [9.17, 15) is 13.2 Å². The van der Waals surface area contributed by atoms with Crippen LogP contribution in [0.5, 0.6) is 0 Å². The largest absolute Gasteiger partial charge is 0.347 e. The lowest BCUT2D eigenvalue weighted by Gasteiger charge is -2.08. The normalized spacial score (nSPS) is 11.2. The molecule has 1 amide bonds. The van der Waals surface area contributed by atoms with Crippen LogP contribution in [0.2, 0.25) is 0 Å². The van der Waals surface area contributed by atoms with Crippen LogP contribution in [0.3, 0.4) is 0 Å². The van der Waals surface area contributed by atoms with Gasteiger partial charge in [0.05, 0.1) is 12.5 Å². The molecule has 0 radical (unpaired) electrons. The van der Waals surface area contributed by atoms with Gasteiger partial charge < -0.3 is 4.90 Å². The molecule has 0 saturated carbocycles. The molecule has 16 heavy (non-hydrogen) atoms. The van der Waals surface area contributed by atoms with Gasteiger partial charge in [0.15, 0.2) is 5.82 Å². The van der Waals surface area contributed by atoms with Gasteiger partial charge in [-0.3, -0.25) is 9.52 Å². The molecule has 0 fully saturated rings. The minimum atomic E-state index is -3.37. The van der Waals surface area contributed by atoms with Gasteiger partial charge in [-0.05, 0) is 0 Å². The molecule has 1 aromatic rings. The first-order valence-corrected chi connectivity index (χ1v) is 6.25. The summed E-state index contributed by atoms with van der Waals surface area (Å²) in [6, 6.07) is 0. The fourth-order valence-electron chi connectivity index (χ4n) is 0.873. The van der Waals surface area contributed by atoms with Crippen LogP contribution >= 0.6 is 0 Å². The van der Waals surface area contributed by atoms with Gasteiger partial charge in [-0.1, -0.05) is 0 Å². The standard InChI is InChI=1S/C7H13N5O3S/c1-11(2)7(13)5-12-8-4-6(9-12)10-16(3,14)15/h4H,5H2,1-3H3,(H,9,10). The number of hydrogen-bond acceptors (Lipinski definition) is 5. The average molecular weight is 247 g/mol. The van der Waals surface area contributed by atoms with Crippen LogP contribution in [-0.4, -0.2) is 54.6 Å². The number of amides is 1. The number of rotatable bonds is 4. The van der Waals surface area contributed by atoms with E-state index in [0.29, 0.717) is 0 Å². The quantitative estimate of drug-likeness (QED) is 0.716. The number of anilines is 1. The monoisotopic (exact) mass is 247 g/mol. The van der Waals surface area contributed by atoms with E-state index in [1.165, 1.54) is 11.1 Å². The third-order valence-corrected chi connectivity index (χ3v) is 2.18. The summed E-state index contributed by atoms with van der Waals surface area (Å²) in [5, 5.41) is 7.54. The highest BCUT2D eigenvalue weighted by Gasteiger charge is 2.09. The summed E-state index contributed by atoms with van der Waals surface area (Å²) in [6.07, 6.45) is 2.25. The molecule has 90 valence electrons. The molecule has 0 unspecified atom stereocenters. The van der Waals surface area contributed by atoms with Crippen molar-refractivity contribution in [2.45, 2.75) is 6.54 Å². The predicted octanol–water partition coefficient (Wildman–Crippen LogP) is -1.26. The van der Waals surface area contributed by atoms with E-state index >= 15 is 0 Å². The summed E-state index contributed by atoms with van der Waals surface area (Å²) < 4.78 is 23.9. The first kappa shape index (κ1) is 12.4. The molecule has 0 bridgehead atoms. The zero-order valence-corrected chi connectivity index (χ0v) is 10.0. The Kier molecular flexibility index (Phi) is 3.48. The fraction of sp³-hybridized carbons (Fsp3) is 0.571. The van der Waals surface area contributed by atoms with Gasteiger partial charge in [-0.25, -0.2) is 8.42 Å². The number of carbonyl (C=O) groups is 1. The zero-order chi connectivity index (χ0) is 12.3. The second-order valence-corrected chi connectivity index (χ2v) is 5.17. The van der Waals surface area contributed by atoms with Crippen LogP contribution in [0.4, 0.5) is 5.82 Å². The first-order chi connectivity index (χ1) is 7.28. The summed E-state index contributed by atoms with van der Waals surface area (Å²) in [5.41, 5.74) is 0. The lowest BCUT2D eigenvalue weighted by Crippen LogP contribution is -2.27. The molecule has 0 aliphatic rings. The molecular formula is C7H13N5O3S. The summed E-state index contributed by atoms with van der Waals surface area (Å²) in [6.45, 7) is -0.0293. The van der Waals surface area contributed by atoms with Crippen molar-refractivity contribution in [2.75, 3.05) is 25.1 Å². The third-order valence-electron chi connectivity index (χ3n) is 1.60. The molecule has 1 N–H and O–H groups in total. The Morgan fingerprint density at radius 3 is 2.69 bits per heavy atom. The highest BCUT2D eigenvalue weighted by Crippen LogP contribution is 2.01. The highest BCUT2D eigenvalue weighted by atomic mass is 32.2. The Morgan fingerprint density at radius 2 is 2.19 bits per heavy atom. The van der Waals surface area contributed by atoms with Crippen molar-refractivity contribution in [1.29, 1.82) is 0 Å². The molecule has 0 aliphatic heterocycles. The molecule has 0 aliphatic carbocycles. The maximum atomic E-state index is 11.3. The molecule has 1 heterocycles. The Bertz CT molecular complexity index is 478. The molecule has 1 rings (SSSR count). The number of likely N-dealkylation sites (N-methyl/N-ethyl adjacent to an activating group) is 1. The lowest BCUT2D eigenvalue weighted by atomic mass is 10.6. The predicted molar refractivity (Wildman–Crippen MR) is 57.2 cm³/mol. The van der Waals surface area contributed by atoms with Crippen molar-refractivity contribution in [2.24, 2.45) is 0 Å². The van der Waals surface area contributed by atoms with Crippen LogP contribution < -0.4 is 4.72 Å². The van der Waals surface area contributed by atoms with Gasteiger partial charge in [-0.15, -0.1) is 5.10 Å². The summed E-state index contributed by atoms with van der Waals surface area (Å²) in [7, 11) is -0.145. The summed E-state index contributed by atoms with van der Waals surface area (Å²) in [4.78, 5) is 13.8. The molecule has 0 aromatic carbocycles. The van der Waals surface area contributed by atoms with Gasteiger partial charge in [0.2, 0.25) is 15.9 Å². The number of nitrogens with one attached hydrogen (secondary N) is 1. The van der Waals surface area contributed by atoms with Crippen LogP contribution in [0.25, 0.3) is 0 Å². The van der Waals surface area contributed by atoms with E-state index in [4.69, 9.17) is 0 Å². The SMILES string of the molecule is CN(C)C(=O)Cn1ncc(NS(C)(=O)=O)n1. The Morgan fingerprint density at radius 1 is 1.56 bits per heavy atom. The molecule has 1 aromatic heterocycles. The molecular weight excluding hydrogens is 234 g/mol. The molecule has 9 heteroatoms. The van der Waals surface area contributed by atoms with Crippen molar-refractivity contribution >= 4 is 21.7 Å². The lowest BCUT2D eigenvalue weighted by molar-refractivity contribution is -0.129. The van der Waals surface area contributed by atoms with Gasteiger partial charge >= 0.3 is 0 Å². The summed E-state index contributed by atoms with van der Waals surface area (Å²) >= 11 is 0. The Balaban J connectivity index is 2.69. The third kappa shape index (κ3) is 3.85. The van der Waals surface area contributed by atoms with E-state index in [2.05, 4.69) is 14.9 Å². The van der Waals surface area contributed by atoms with Crippen molar-refractivity contribution in [3.8, 4) is 0 Å². The minimum Gasteiger partial charge on any atom is -0.347 e. The number of aromatic nitrogens is 3. The Labute approximate surface area is 93.3 Å². The average Bonchev–Trinajstić information content (AvgIpc) is 2.49. The smallest absolute Gasteiger partial charge is 0.245 e. The van der Waals surface area contributed by atoms with Gasteiger partial charge in [0.1, 0.15) is 6.54 Å². The topological polar surface area (TPSA) is 97.2 Å². The van der Waals surface area contributed by atoms with Crippen LogP contribution in [0.15, 0.2) is 6.20 Å². The van der Waals surface area contributed by atoms with Crippen molar-refractivity contribution in [1.82, 2.24) is 19.9 Å². The summed E-state index contributed by atoms with van der Waals surface area (Å²) in [5.74, 6) is -0.0874. The minimum absolute atomic E-state index is 0.0293. The van der Waals surface area contributed by atoms with E-state index in [0.717, 1.165) is 11.1 Å². The number of nitrogens with zero attached hydrogens (tertiary/aromatic N) is 4. The van der Waals surface area contributed by atoms with E-state index < -0.39 is 10.0 Å². The van der Waals surface area contributed by atoms with Crippen LogP contribution in [0.1, 0.15) is 0 Å². The maximum absolute atomic E-state index is 11.3. The number of carbonyl (C=O) groups excluding carboxylic acids is 1. The molecule has 8 nitrogen and oxygen atoms in total. The first-order valence-electron chi connectivity index (χ1n) is 4.36. The van der Waals surface area contributed by atoms with Crippen molar-refractivity contribution in [3.63, 3.8) is 0 Å². The Hall–Kier alpha value is -1.64. The fourth-order valence-corrected chi connectivity index (χ4v) is 1.35.